The van der Waals surface area contributed by atoms with E-state index in [1.807, 2.05) is 23.5 Å². The van der Waals surface area contributed by atoms with Crippen molar-refractivity contribution in [2.75, 3.05) is 14.1 Å². The number of thioether (sulfide) groups is 2. The topological polar surface area (TPSA) is 3.24 Å². The Morgan fingerprint density at radius 1 is 0.885 bits per heavy atom. The molecule has 0 spiro atoms. The van der Waals surface area contributed by atoms with Crippen LogP contribution < -0.4 is 0 Å². The van der Waals surface area contributed by atoms with E-state index in [-0.39, 0.29) is 0 Å². The summed E-state index contributed by atoms with van der Waals surface area (Å²) in [4.78, 5) is 5.03. The van der Waals surface area contributed by atoms with Crippen molar-refractivity contribution in [3.63, 3.8) is 0 Å². The molecule has 0 aliphatic carbocycles. The first-order valence-corrected chi connectivity index (χ1v) is 10.8. The Hall–Kier alpha value is -1.68. The lowest BCUT2D eigenvalue weighted by Crippen LogP contribution is -2.11. The van der Waals surface area contributed by atoms with Gasteiger partial charge in [0.1, 0.15) is 0 Å². The van der Waals surface area contributed by atoms with E-state index in [9.17, 15) is 0 Å². The van der Waals surface area contributed by atoms with Gasteiger partial charge in [-0.15, -0.1) is 23.5 Å². The predicted molar refractivity (Wildman–Crippen MR) is 114 cm³/mol. The standard InChI is InChI=1S/C23H23NS2/c1-24(2)15-17-9-4-7-13-21(17)26-23-19-11-5-3-10-18(19)16-25-22-14-8-6-12-20(22)23/h3-14,23H,15-16H2,1-2H3/t23-/m0/s1. The highest BCUT2D eigenvalue weighted by molar-refractivity contribution is 8.00. The largest absolute Gasteiger partial charge is 0.305 e. The summed E-state index contributed by atoms with van der Waals surface area (Å²) in [5.74, 6) is 1.05. The normalized spacial score (nSPS) is 16.0. The lowest BCUT2D eigenvalue weighted by Gasteiger charge is -2.22. The summed E-state index contributed by atoms with van der Waals surface area (Å²) in [5.41, 5.74) is 5.74. The zero-order valence-corrected chi connectivity index (χ0v) is 16.8. The Bertz CT molecular complexity index is 856. The molecule has 3 heteroatoms. The number of hydrogen-bond acceptors (Lipinski definition) is 3. The van der Waals surface area contributed by atoms with Crippen LogP contribution in [0.2, 0.25) is 0 Å². The molecule has 3 aromatic carbocycles. The van der Waals surface area contributed by atoms with Gasteiger partial charge in [-0.05, 0) is 48.5 Å². The van der Waals surface area contributed by atoms with Gasteiger partial charge in [-0.1, -0.05) is 60.7 Å². The summed E-state index contributed by atoms with van der Waals surface area (Å²) in [6.45, 7) is 0.966. The number of benzene rings is 3. The Balaban J connectivity index is 1.79. The van der Waals surface area contributed by atoms with Crippen LogP contribution in [0.1, 0.15) is 27.5 Å². The molecule has 0 N–H and O–H groups in total. The number of hydrogen-bond donors (Lipinski definition) is 0. The molecule has 132 valence electrons. The minimum absolute atomic E-state index is 0.334. The van der Waals surface area contributed by atoms with Crippen molar-refractivity contribution in [3.8, 4) is 0 Å². The van der Waals surface area contributed by atoms with Crippen molar-refractivity contribution in [2.45, 2.75) is 27.3 Å². The van der Waals surface area contributed by atoms with Gasteiger partial charge in [-0.2, -0.15) is 0 Å². The van der Waals surface area contributed by atoms with Gasteiger partial charge in [-0.25, -0.2) is 0 Å². The van der Waals surface area contributed by atoms with Crippen molar-refractivity contribution in [2.24, 2.45) is 0 Å². The minimum atomic E-state index is 0.334. The van der Waals surface area contributed by atoms with Crippen molar-refractivity contribution >= 4 is 23.5 Å². The molecule has 0 saturated carbocycles. The highest BCUT2D eigenvalue weighted by atomic mass is 32.2. The molecule has 0 radical (unpaired) electrons. The third-order valence-electron chi connectivity index (χ3n) is 4.63. The van der Waals surface area contributed by atoms with Crippen LogP contribution in [0, 0.1) is 0 Å². The Morgan fingerprint density at radius 3 is 2.42 bits per heavy atom. The van der Waals surface area contributed by atoms with Gasteiger partial charge in [-0.3, -0.25) is 0 Å². The minimum Gasteiger partial charge on any atom is -0.305 e. The van der Waals surface area contributed by atoms with E-state index in [0.29, 0.717) is 5.25 Å². The van der Waals surface area contributed by atoms with E-state index >= 15 is 0 Å². The molecule has 1 aliphatic heterocycles. The van der Waals surface area contributed by atoms with Crippen LogP contribution in [-0.4, -0.2) is 19.0 Å². The van der Waals surface area contributed by atoms with Crippen LogP contribution in [-0.2, 0) is 12.3 Å². The summed E-state index contributed by atoms with van der Waals surface area (Å²) in [5, 5.41) is 0.334. The molecule has 1 heterocycles. The number of rotatable bonds is 4. The van der Waals surface area contributed by atoms with Gasteiger partial charge in [0, 0.05) is 22.1 Å². The zero-order valence-electron chi connectivity index (χ0n) is 15.2. The van der Waals surface area contributed by atoms with Crippen LogP contribution >= 0.6 is 23.5 Å². The molecule has 0 bridgehead atoms. The summed E-state index contributed by atoms with van der Waals surface area (Å²) in [6, 6.07) is 26.7. The predicted octanol–water partition coefficient (Wildman–Crippen LogP) is 6.24. The zero-order chi connectivity index (χ0) is 17.9. The van der Waals surface area contributed by atoms with Gasteiger partial charge in [0.25, 0.3) is 0 Å². The van der Waals surface area contributed by atoms with Gasteiger partial charge >= 0.3 is 0 Å². The van der Waals surface area contributed by atoms with Crippen molar-refractivity contribution in [1.29, 1.82) is 0 Å². The SMILES string of the molecule is CN(C)Cc1ccccc1S[C@H]1c2ccccc2CSc2ccccc21. The van der Waals surface area contributed by atoms with Crippen LogP contribution in [0.15, 0.2) is 82.6 Å². The van der Waals surface area contributed by atoms with E-state index in [2.05, 4.69) is 91.8 Å². The molecular formula is C23H23NS2. The van der Waals surface area contributed by atoms with E-state index in [1.54, 1.807) is 0 Å². The fourth-order valence-electron chi connectivity index (χ4n) is 3.42. The Labute approximate surface area is 164 Å². The average molecular weight is 378 g/mol. The lowest BCUT2D eigenvalue weighted by molar-refractivity contribution is 0.399. The second-order valence-corrected chi connectivity index (χ2v) is 9.03. The fraction of sp³-hybridized carbons (Fsp3) is 0.217. The quantitative estimate of drug-likeness (QED) is 0.530. The third-order valence-corrected chi connectivity index (χ3v) is 7.16. The smallest absolute Gasteiger partial charge is 0.0607 e. The van der Waals surface area contributed by atoms with Crippen molar-refractivity contribution in [1.82, 2.24) is 4.90 Å². The maximum atomic E-state index is 2.31. The highest BCUT2D eigenvalue weighted by Gasteiger charge is 2.25. The van der Waals surface area contributed by atoms with Crippen molar-refractivity contribution in [3.05, 3.63) is 95.1 Å². The van der Waals surface area contributed by atoms with E-state index < -0.39 is 0 Å². The number of nitrogens with zero attached hydrogens (tertiary/aromatic N) is 1. The molecule has 1 aliphatic rings. The molecule has 0 amide bonds. The molecule has 0 unspecified atom stereocenters. The molecule has 0 saturated heterocycles. The third kappa shape index (κ3) is 3.71. The maximum Gasteiger partial charge on any atom is 0.0607 e. The van der Waals surface area contributed by atoms with Crippen LogP contribution in [0.25, 0.3) is 0 Å². The van der Waals surface area contributed by atoms with Gasteiger partial charge in [0.15, 0.2) is 0 Å². The summed E-state index contributed by atoms with van der Waals surface area (Å²) in [6.07, 6.45) is 0. The monoisotopic (exact) mass is 377 g/mol. The lowest BCUT2D eigenvalue weighted by atomic mass is 10.0. The van der Waals surface area contributed by atoms with Gasteiger partial charge in [0.05, 0.1) is 5.25 Å². The first-order valence-electron chi connectivity index (χ1n) is 8.91. The second kappa shape index (κ2) is 7.91. The molecule has 3 aromatic rings. The van der Waals surface area contributed by atoms with Crippen LogP contribution in [0.5, 0.6) is 0 Å². The van der Waals surface area contributed by atoms with Gasteiger partial charge in [0.2, 0.25) is 0 Å². The highest BCUT2D eigenvalue weighted by Crippen LogP contribution is 2.48. The Kier molecular flexibility index (Phi) is 5.39. The van der Waals surface area contributed by atoms with E-state index in [0.717, 1.165) is 12.3 Å². The first kappa shape index (κ1) is 17.7. The van der Waals surface area contributed by atoms with Gasteiger partial charge < -0.3 is 4.90 Å². The van der Waals surface area contributed by atoms with Crippen LogP contribution in [0.4, 0.5) is 0 Å². The molecule has 1 atom stereocenters. The molecule has 0 aromatic heterocycles. The van der Waals surface area contributed by atoms with Crippen molar-refractivity contribution < 1.29 is 0 Å². The molecule has 26 heavy (non-hydrogen) atoms. The second-order valence-electron chi connectivity index (χ2n) is 6.87. The summed E-state index contributed by atoms with van der Waals surface area (Å²) >= 11 is 3.95. The fourth-order valence-corrected chi connectivity index (χ4v) is 5.98. The summed E-state index contributed by atoms with van der Waals surface area (Å²) < 4.78 is 0. The van der Waals surface area contributed by atoms with E-state index in [4.69, 9.17) is 0 Å². The number of fused-ring (bicyclic) bond motifs is 2. The maximum absolute atomic E-state index is 2.31. The molecule has 0 fully saturated rings. The average Bonchev–Trinajstić information content (AvgIpc) is 2.81. The molecular weight excluding hydrogens is 354 g/mol. The molecule has 4 rings (SSSR count). The first-order chi connectivity index (χ1) is 12.7. The Morgan fingerprint density at radius 2 is 1.58 bits per heavy atom. The summed E-state index contributed by atoms with van der Waals surface area (Å²) in [7, 11) is 4.27. The van der Waals surface area contributed by atoms with E-state index in [1.165, 1.54) is 32.0 Å². The molecule has 1 nitrogen and oxygen atoms in total. The van der Waals surface area contributed by atoms with Crippen LogP contribution in [0.3, 0.4) is 0 Å².